The van der Waals surface area contributed by atoms with Crippen LogP contribution in [0.4, 0.5) is 26.3 Å². The smallest absolute Gasteiger partial charge is 0.223 e. The van der Waals surface area contributed by atoms with Gasteiger partial charge in [0.25, 0.3) is 18.0 Å². The Morgan fingerprint density at radius 1 is 1.05 bits per heavy atom. The van der Waals surface area contributed by atoms with Crippen LogP contribution in [0.15, 0.2) is 17.1 Å². The van der Waals surface area contributed by atoms with E-state index in [-0.39, 0.29) is 6.08 Å². The molecule has 19 heavy (non-hydrogen) atoms. The molecule has 0 aromatic carbocycles. The molecule has 0 spiro atoms. The van der Waals surface area contributed by atoms with E-state index < -0.39 is 56.5 Å². The minimum absolute atomic E-state index is 0.196. The molecule has 0 radical (unpaired) electrons. The maximum absolute atomic E-state index is 13.1. The van der Waals surface area contributed by atoms with Crippen molar-refractivity contribution in [2.24, 2.45) is 0 Å². The van der Waals surface area contributed by atoms with Gasteiger partial charge in [-0.15, -0.1) is 0 Å². The second kappa shape index (κ2) is 5.59. The summed E-state index contributed by atoms with van der Waals surface area (Å²) in [4.78, 5) is 0.319. The first-order chi connectivity index (χ1) is 8.66. The van der Waals surface area contributed by atoms with Crippen molar-refractivity contribution < 1.29 is 34.8 Å². The van der Waals surface area contributed by atoms with Crippen molar-refractivity contribution in [2.45, 2.75) is 11.3 Å². The standard InChI is InChI=1S/C9H5F6NO2S/c10-4(11)2-1-3-19(17,18)7-5(12)8(14)16-9(15)6(7)13/h2H,1,3H2. The number of halogens is 6. The zero-order valence-corrected chi connectivity index (χ0v) is 9.75. The van der Waals surface area contributed by atoms with Gasteiger partial charge in [0.1, 0.15) is 4.90 Å². The fraction of sp³-hybridized carbons (Fsp3) is 0.222. The van der Waals surface area contributed by atoms with Gasteiger partial charge in [0.2, 0.25) is 0 Å². The molecule has 0 atom stereocenters. The van der Waals surface area contributed by atoms with E-state index in [0.717, 1.165) is 0 Å². The van der Waals surface area contributed by atoms with E-state index in [0.29, 0.717) is 0 Å². The van der Waals surface area contributed by atoms with Crippen LogP contribution in [0.25, 0.3) is 0 Å². The molecule has 0 saturated heterocycles. The van der Waals surface area contributed by atoms with Crippen LogP contribution in [0.2, 0.25) is 0 Å². The number of sulfone groups is 1. The minimum atomic E-state index is -4.81. The van der Waals surface area contributed by atoms with Crippen LogP contribution in [0.5, 0.6) is 0 Å². The Balaban J connectivity index is 3.26. The molecule has 3 nitrogen and oxygen atoms in total. The number of nitrogens with zero attached hydrogens (tertiary/aromatic N) is 1. The van der Waals surface area contributed by atoms with Gasteiger partial charge in [-0.1, -0.05) is 0 Å². The fourth-order valence-electron chi connectivity index (χ4n) is 1.17. The van der Waals surface area contributed by atoms with Crippen molar-refractivity contribution in [3.05, 3.63) is 35.7 Å². The molecule has 0 N–H and O–H groups in total. The van der Waals surface area contributed by atoms with Crippen LogP contribution >= 0.6 is 0 Å². The maximum atomic E-state index is 13.1. The molecule has 0 aliphatic heterocycles. The highest BCUT2D eigenvalue weighted by Gasteiger charge is 2.30. The van der Waals surface area contributed by atoms with Gasteiger partial charge in [-0.05, 0) is 12.5 Å². The van der Waals surface area contributed by atoms with Crippen LogP contribution in [0.1, 0.15) is 6.42 Å². The van der Waals surface area contributed by atoms with Gasteiger partial charge in [-0.25, -0.2) is 17.2 Å². The summed E-state index contributed by atoms with van der Waals surface area (Å²) in [7, 11) is -4.81. The number of allylic oxidation sites excluding steroid dienone is 1. The monoisotopic (exact) mass is 305 g/mol. The van der Waals surface area contributed by atoms with Gasteiger partial charge in [0, 0.05) is 0 Å². The lowest BCUT2D eigenvalue weighted by Crippen LogP contribution is -2.15. The van der Waals surface area contributed by atoms with Crippen molar-refractivity contribution in [3.63, 3.8) is 0 Å². The van der Waals surface area contributed by atoms with Crippen molar-refractivity contribution in [1.29, 1.82) is 0 Å². The highest BCUT2D eigenvalue weighted by molar-refractivity contribution is 7.91. The Hall–Kier alpha value is -1.58. The normalized spacial score (nSPS) is 11.5. The first-order valence-electron chi connectivity index (χ1n) is 4.60. The van der Waals surface area contributed by atoms with Crippen molar-refractivity contribution >= 4 is 9.84 Å². The van der Waals surface area contributed by atoms with Gasteiger partial charge < -0.3 is 0 Å². The molecular formula is C9H5F6NO2S. The molecule has 106 valence electrons. The fourth-order valence-corrected chi connectivity index (χ4v) is 2.51. The van der Waals surface area contributed by atoms with E-state index in [2.05, 4.69) is 4.98 Å². The summed E-state index contributed by atoms with van der Waals surface area (Å²) in [6.07, 6.45) is -2.76. The molecule has 0 aliphatic carbocycles. The van der Waals surface area contributed by atoms with Crippen molar-refractivity contribution in [2.75, 3.05) is 5.75 Å². The van der Waals surface area contributed by atoms with E-state index in [4.69, 9.17) is 0 Å². The summed E-state index contributed by atoms with van der Waals surface area (Å²) in [5, 5.41) is 0. The Morgan fingerprint density at radius 3 is 1.95 bits per heavy atom. The summed E-state index contributed by atoms with van der Waals surface area (Å²) in [5.41, 5.74) is 0. The van der Waals surface area contributed by atoms with Crippen molar-refractivity contribution in [3.8, 4) is 0 Å². The number of aromatic nitrogens is 1. The summed E-state index contributed by atoms with van der Waals surface area (Å²) in [5.74, 6) is -9.79. The summed E-state index contributed by atoms with van der Waals surface area (Å²) in [6, 6.07) is 0. The van der Waals surface area contributed by atoms with E-state index in [1.54, 1.807) is 0 Å². The average molecular weight is 305 g/mol. The van der Waals surface area contributed by atoms with Crippen molar-refractivity contribution in [1.82, 2.24) is 4.98 Å². The Bertz CT molecular complexity index is 598. The van der Waals surface area contributed by atoms with E-state index >= 15 is 0 Å². The molecule has 1 aromatic heterocycles. The SMILES string of the molecule is O=S(=O)(CCC=C(F)F)c1c(F)c(F)nc(F)c1F. The number of hydrogen-bond donors (Lipinski definition) is 0. The quantitative estimate of drug-likeness (QED) is 0.634. The topological polar surface area (TPSA) is 47.0 Å². The second-order valence-electron chi connectivity index (χ2n) is 3.25. The summed E-state index contributed by atoms with van der Waals surface area (Å²) < 4.78 is 98.0. The summed E-state index contributed by atoms with van der Waals surface area (Å²) in [6.45, 7) is 0. The van der Waals surface area contributed by atoms with Gasteiger partial charge in [-0.2, -0.15) is 22.5 Å². The number of pyridine rings is 1. The van der Waals surface area contributed by atoms with E-state index in [9.17, 15) is 34.8 Å². The molecule has 1 rings (SSSR count). The second-order valence-corrected chi connectivity index (χ2v) is 5.30. The lowest BCUT2D eigenvalue weighted by atomic mass is 10.4. The Morgan fingerprint density at radius 2 is 1.53 bits per heavy atom. The van der Waals surface area contributed by atoms with Gasteiger partial charge in [0.15, 0.2) is 21.5 Å². The first kappa shape index (κ1) is 15.5. The number of rotatable bonds is 4. The molecule has 0 amide bonds. The highest BCUT2D eigenvalue weighted by atomic mass is 32.2. The van der Waals surface area contributed by atoms with Gasteiger partial charge >= 0.3 is 0 Å². The van der Waals surface area contributed by atoms with E-state index in [1.165, 1.54) is 0 Å². The zero-order valence-electron chi connectivity index (χ0n) is 8.93. The molecule has 1 aromatic rings. The molecule has 0 saturated carbocycles. The first-order valence-corrected chi connectivity index (χ1v) is 6.26. The molecule has 0 fully saturated rings. The van der Waals surface area contributed by atoms with Gasteiger partial charge in [0.05, 0.1) is 5.75 Å². The van der Waals surface area contributed by atoms with Gasteiger partial charge in [-0.3, -0.25) is 0 Å². The predicted octanol–water partition coefficient (Wildman–Crippen LogP) is 2.58. The predicted molar refractivity (Wildman–Crippen MR) is 51.0 cm³/mol. The lowest BCUT2D eigenvalue weighted by Gasteiger charge is -2.06. The average Bonchev–Trinajstić information content (AvgIpc) is 2.25. The van der Waals surface area contributed by atoms with Crippen LogP contribution in [-0.4, -0.2) is 19.2 Å². The third-order valence-electron chi connectivity index (χ3n) is 1.95. The Labute approximate surface area is 103 Å². The number of hydrogen-bond acceptors (Lipinski definition) is 3. The molecule has 1 heterocycles. The maximum Gasteiger partial charge on any atom is 0.266 e. The molecular weight excluding hydrogens is 300 g/mol. The minimum Gasteiger partial charge on any atom is -0.223 e. The molecule has 10 heteroatoms. The third-order valence-corrected chi connectivity index (χ3v) is 3.71. The third kappa shape index (κ3) is 3.46. The van der Waals surface area contributed by atoms with Crippen LogP contribution in [0.3, 0.4) is 0 Å². The largest absolute Gasteiger partial charge is 0.266 e. The molecule has 0 bridgehead atoms. The molecule has 0 aliphatic rings. The highest BCUT2D eigenvalue weighted by Crippen LogP contribution is 2.23. The van der Waals surface area contributed by atoms with Crippen LogP contribution < -0.4 is 0 Å². The van der Waals surface area contributed by atoms with Crippen LogP contribution in [-0.2, 0) is 9.84 Å². The summed E-state index contributed by atoms with van der Waals surface area (Å²) >= 11 is 0. The van der Waals surface area contributed by atoms with Crippen LogP contribution in [0, 0.1) is 23.5 Å². The zero-order chi connectivity index (χ0) is 14.8. The molecule has 0 unspecified atom stereocenters. The lowest BCUT2D eigenvalue weighted by molar-refractivity contribution is 0.379. The Kier molecular flexibility index (Phi) is 4.56. The van der Waals surface area contributed by atoms with E-state index in [1.807, 2.05) is 0 Å².